The SMILES string of the molecule is OCC1(c2cccc(F)c2)CCNC1. The number of aliphatic hydroxyl groups excluding tert-OH is 1. The van der Waals surface area contributed by atoms with Gasteiger partial charge in [-0.1, -0.05) is 12.1 Å². The Morgan fingerprint density at radius 2 is 2.36 bits per heavy atom. The lowest BCUT2D eigenvalue weighted by Crippen LogP contribution is -2.33. The van der Waals surface area contributed by atoms with E-state index in [4.69, 9.17) is 0 Å². The van der Waals surface area contributed by atoms with E-state index in [1.807, 2.05) is 6.07 Å². The van der Waals surface area contributed by atoms with E-state index in [1.54, 1.807) is 6.07 Å². The summed E-state index contributed by atoms with van der Waals surface area (Å²) in [5.74, 6) is -0.234. The molecule has 0 bridgehead atoms. The van der Waals surface area contributed by atoms with E-state index >= 15 is 0 Å². The Morgan fingerprint density at radius 1 is 1.50 bits per heavy atom. The minimum Gasteiger partial charge on any atom is -0.395 e. The number of nitrogens with one attached hydrogen (secondary N) is 1. The van der Waals surface area contributed by atoms with Gasteiger partial charge in [0.15, 0.2) is 0 Å². The molecule has 1 aromatic carbocycles. The van der Waals surface area contributed by atoms with E-state index in [9.17, 15) is 9.50 Å². The summed E-state index contributed by atoms with van der Waals surface area (Å²) in [5.41, 5.74) is 0.618. The predicted molar refractivity (Wildman–Crippen MR) is 52.7 cm³/mol. The van der Waals surface area contributed by atoms with Gasteiger partial charge in [0.2, 0.25) is 0 Å². The van der Waals surface area contributed by atoms with Crippen LogP contribution >= 0.6 is 0 Å². The van der Waals surface area contributed by atoms with Gasteiger partial charge in [0, 0.05) is 12.0 Å². The zero-order valence-corrected chi connectivity index (χ0v) is 7.96. The van der Waals surface area contributed by atoms with Gasteiger partial charge in [-0.15, -0.1) is 0 Å². The van der Waals surface area contributed by atoms with Crippen LogP contribution in [0.4, 0.5) is 4.39 Å². The van der Waals surface area contributed by atoms with Gasteiger partial charge in [0.25, 0.3) is 0 Å². The van der Waals surface area contributed by atoms with Crippen LogP contribution in [0.3, 0.4) is 0 Å². The number of hydrogen-bond donors (Lipinski definition) is 2. The van der Waals surface area contributed by atoms with Crippen LogP contribution in [-0.2, 0) is 5.41 Å². The highest BCUT2D eigenvalue weighted by Crippen LogP contribution is 2.30. The fourth-order valence-electron chi connectivity index (χ4n) is 2.03. The largest absolute Gasteiger partial charge is 0.395 e. The van der Waals surface area contributed by atoms with Gasteiger partial charge in [-0.2, -0.15) is 0 Å². The van der Waals surface area contributed by atoms with Crippen molar-refractivity contribution in [1.29, 1.82) is 0 Å². The van der Waals surface area contributed by atoms with Gasteiger partial charge < -0.3 is 10.4 Å². The molecular weight excluding hydrogens is 181 g/mol. The molecule has 14 heavy (non-hydrogen) atoms. The molecule has 0 aliphatic carbocycles. The molecule has 1 atom stereocenters. The molecule has 0 amide bonds. The highest BCUT2D eigenvalue weighted by Gasteiger charge is 2.34. The average Bonchev–Trinajstić information content (AvgIpc) is 2.67. The summed E-state index contributed by atoms with van der Waals surface area (Å²) in [6.07, 6.45) is 0.868. The molecule has 0 spiro atoms. The Morgan fingerprint density at radius 3 is 2.93 bits per heavy atom. The van der Waals surface area contributed by atoms with Crippen molar-refractivity contribution in [3.63, 3.8) is 0 Å². The minimum absolute atomic E-state index is 0.0729. The second-order valence-electron chi connectivity index (χ2n) is 3.88. The number of rotatable bonds is 2. The van der Waals surface area contributed by atoms with E-state index in [0.29, 0.717) is 0 Å². The van der Waals surface area contributed by atoms with E-state index in [0.717, 1.165) is 25.1 Å². The molecule has 2 rings (SSSR count). The second kappa shape index (κ2) is 3.67. The maximum Gasteiger partial charge on any atom is 0.123 e. The molecule has 1 unspecified atom stereocenters. The fourth-order valence-corrected chi connectivity index (χ4v) is 2.03. The van der Waals surface area contributed by atoms with Crippen molar-refractivity contribution in [2.75, 3.05) is 19.7 Å². The quantitative estimate of drug-likeness (QED) is 0.739. The summed E-state index contributed by atoms with van der Waals surface area (Å²) < 4.78 is 13.0. The first-order valence-corrected chi connectivity index (χ1v) is 4.84. The molecule has 1 aliphatic rings. The van der Waals surface area contributed by atoms with Crippen molar-refractivity contribution in [3.8, 4) is 0 Å². The van der Waals surface area contributed by atoms with Crippen molar-refractivity contribution in [2.24, 2.45) is 0 Å². The van der Waals surface area contributed by atoms with Crippen molar-refractivity contribution in [3.05, 3.63) is 35.6 Å². The van der Waals surface area contributed by atoms with Crippen molar-refractivity contribution in [1.82, 2.24) is 5.32 Å². The van der Waals surface area contributed by atoms with Crippen molar-refractivity contribution in [2.45, 2.75) is 11.8 Å². The molecule has 3 heteroatoms. The topological polar surface area (TPSA) is 32.3 Å². The maximum atomic E-state index is 13.0. The first-order valence-electron chi connectivity index (χ1n) is 4.84. The molecule has 76 valence electrons. The van der Waals surface area contributed by atoms with Crippen LogP contribution in [0.5, 0.6) is 0 Å². The van der Waals surface area contributed by atoms with Gasteiger partial charge in [0.05, 0.1) is 6.61 Å². The lowest BCUT2D eigenvalue weighted by Gasteiger charge is -2.26. The average molecular weight is 195 g/mol. The van der Waals surface area contributed by atoms with Crippen molar-refractivity contribution >= 4 is 0 Å². The third-order valence-electron chi connectivity index (χ3n) is 2.98. The Hall–Kier alpha value is -0.930. The molecule has 2 nitrogen and oxygen atoms in total. The standard InChI is InChI=1S/C11H14FNO/c12-10-3-1-2-9(6-10)11(8-14)4-5-13-7-11/h1-3,6,13-14H,4-5,7-8H2. The summed E-state index contributed by atoms with van der Waals surface area (Å²) in [6, 6.07) is 6.52. The zero-order valence-electron chi connectivity index (χ0n) is 7.96. The Kier molecular flexibility index (Phi) is 2.52. The van der Waals surface area contributed by atoms with Crippen LogP contribution in [0.15, 0.2) is 24.3 Å². The number of aliphatic hydroxyl groups is 1. The van der Waals surface area contributed by atoms with Crippen LogP contribution in [0.1, 0.15) is 12.0 Å². The lowest BCUT2D eigenvalue weighted by atomic mass is 9.80. The maximum absolute atomic E-state index is 13.0. The molecule has 1 heterocycles. The molecule has 0 saturated carbocycles. The predicted octanol–water partition coefficient (Wildman–Crippen LogP) is 1.05. The molecule has 1 fully saturated rings. The first kappa shape index (κ1) is 9.62. The summed E-state index contributed by atoms with van der Waals surface area (Å²) in [4.78, 5) is 0. The molecule has 0 aromatic heterocycles. The molecule has 1 saturated heterocycles. The molecule has 1 aromatic rings. The number of benzene rings is 1. The van der Waals surface area contributed by atoms with Gasteiger partial charge in [-0.25, -0.2) is 4.39 Å². The van der Waals surface area contributed by atoms with Crippen LogP contribution in [-0.4, -0.2) is 24.8 Å². The van der Waals surface area contributed by atoms with Gasteiger partial charge in [-0.3, -0.25) is 0 Å². The summed E-state index contributed by atoms with van der Waals surface area (Å²) in [7, 11) is 0. The molecule has 1 aliphatic heterocycles. The number of hydrogen-bond acceptors (Lipinski definition) is 2. The molecule has 0 radical (unpaired) electrons. The Balaban J connectivity index is 2.35. The van der Waals surface area contributed by atoms with E-state index in [-0.39, 0.29) is 17.8 Å². The van der Waals surface area contributed by atoms with E-state index < -0.39 is 0 Å². The van der Waals surface area contributed by atoms with Crippen LogP contribution < -0.4 is 5.32 Å². The van der Waals surface area contributed by atoms with Crippen LogP contribution in [0.2, 0.25) is 0 Å². The summed E-state index contributed by atoms with van der Waals surface area (Å²) in [5, 5.41) is 12.6. The second-order valence-corrected chi connectivity index (χ2v) is 3.88. The van der Waals surface area contributed by atoms with Crippen LogP contribution in [0.25, 0.3) is 0 Å². The third-order valence-corrected chi connectivity index (χ3v) is 2.98. The Labute approximate surface area is 82.8 Å². The highest BCUT2D eigenvalue weighted by atomic mass is 19.1. The van der Waals surface area contributed by atoms with Crippen LogP contribution in [0, 0.1) is 5.82 Å². The number of halogens is 1. The van der Waals surface area contributed by atoms with Gasteiger partial charge in [-0.05, 0) is 30.7 Å². The zero-order chi connectivity index (χ0) is 10.0. The van der Waals surface area contributed by atoms with E-state index in [2.05, 4.69) is 5.32 Å². The highest BCUT2D eigenvalue weighted by molar-refractivity contribution is 5.28. The fraction of sp³-hybridized carbons (Fsp3) is 0.455. The van der Waals surface area contributed by atoms with E-state index in [1.165, 1.54) is 12.1 Å². The normalized spacial score (nSPS) is 26.7. The first-order chi connectivity index (χ1) is 6.77. The summed E-state index contributed by atoms with van der Waals surface area (Å²) in [6.45, 7) is 1.69. The lowest BCUT2D eigenvalue weighted by molar-refractivity contribution is 0.205. The molecular formula is C11H14FNO. The minimum atomic E-state index is -0.276. The van der Waals surface area contributed by atoms with Gasteiger partial charge >= 0.3 is 0 Å². The Bertz CT molecular complexity index is 321. The third kappa shape index (κ3) is 1.53. The van der Waals surface area contributed by atoms with Crippen molar-refractivity contribution < 1.29 is 9.50 Å². The molecule has 2 N–H and O–H groups in total. The smallest absolute Gasteiger partial charge is 0.123 e. The summed E-state index contributed by atoms with van der Waals surface area (Å²) >= 11 is 0. The van der Waals surface area contributed by atoms with Gasteiger partial charge in [0.1, 0.15) is 5.82 Å². The monoisotopic (exact) mass is 195 g/mol.